The minimum absolute atomic E-state index is 0.346. The van der Waals surface area contributed by atoms with E-state index in [1.165, 1.54) is 5.56 Å². The average molecular weight is 220 g/mol. The van der Waals surface area contributed by atoms with Gasteiger partial charge in [0, 0.05) is 0 Å². The molecule has 0 saturated carbocycles. The highest BCUT2D eigenvalue weighted by Crippen LogP contribution is 2.37. The van der Waals surface area contributed by atoms with Crippen LogP contribution < -0.4 is 4.74 Å². The highest BCUT2D eigenvalue weighted by molar-refractivity contribution is 5.36. The summed E-state index contributed by atoms with van der Waals surface area (Å²) in [4.78, 5) is 0. The number of ether oxygens (including phenoxy) is 2. The second-order valence-electron chi connectivity index (χ2n) is 4.67. The molecule has 0 amide bonds. The lowest BCUT2D eigenvalue weighted by atomic mass is 9.86. The van der Waals surface area contributed by atoms with Crippen molar-refractivity contribution in [3.63, 3.8) is 0 Å². The Morgan fingerprint density at radius 2 is 1.75 bits per heavy atom. The first-order valence-electron chi connectivity index (χ1n) is 5.99. The van der Waals surface area contributed by atoms with E-state index in [2.05, 4.69) is 26.0 Å². The number of para-hydroxylation sites is 1. The first-order valence-corrected chi connectivity index (χ1v) is 5.99. The van der Waals surface area contributed by atoms with Gasteiger partial charge in [-0.2, -0.15) is 0 Å². The molecule has 88 valence electrons. The van der Waals surface area contributed by atoms with E-state index in [9.17, 15) is 0 Å². The number of methoxy groups -OCH3 is 1. The Kier molecular flexibility index (Phi) is 3.49. The first kappa shape index (κ1) is 11.5. The van der Waals surface area contributed by atoms with Gasteiger partial charge in [-0.3, -0.25) is 0 Å². The molecule has 1 saturated heterocycles. The lowest BCUT2D eigenvalue weighted by Crippen LogP contribution is -2.28. The van der Waals surface area contributed by atoms with Gasteiger partial charge in [0.1, 0.15) is 5.75 Å². The van der Waals surface area contributed by atoms with Crippen LogP contribution >= 0.6 is 0 Å². The first-order chi connectivity index (χ1) is 7.70. The fourth-order valence-corrected chi connectivity index (χ4v) is 2.66. The molecule has 1 aliphatic heterocycles. The van der Waals surface area contributed by atoms with Gasteiger partial charge in [-0.25, -0.2) is 0 Å². The van der Waals surface area contributed by atoms with Gasteiger partial charge in [0.2, 0.25) is 0 Å². The summed E-state index contributed by atoms with van der Waals surface area (Å²) in [6, 6.07) is 8.32. The molecular weight excluding hydrogens is 200 g/mol. The van der Waals surface area contributed by atoms with Gasteiger partial charge >= 0.3 is 0 Å². The summed E-state index contributed by atoms with van der Waals surface area (Å²) in [7, 11) is 1.74. The Morgan fingerprint density at radius 3 is 2.38 bits per heavy atom. The van der Waals surface area contributed by atoms with E-state index in [0.717, 1.165) is 18.6 Å². The minimum atomic E-state index is 0.346. The molecule has 3 atom stereocenters. The van der Waals surface area contributed by atoms with Crippen molar-refractivity contribution in [1.29, 1.82) is 0 Å². The quantitative estimate of drug-likeness (QED) is 0.760. The Labute approximate surface area is 97.6 Å². The predicted molar refractivity (Wildman–Crippen MR) is 65.0 cm³/mol. The second kappa shape index (κ2) is 4.88. The van der Waals surface area contributed by atoms with Crippen LogP contribution in [0.25, 0.3) is 0 Å². The van der Waals surface area contributed by atoms with Gasteiger partial charge in [-0.15, -0.1) is 0 Å². The molecule has 1 aromatic rings. The Morgan fingerprint density at radius 1 is 1.12 bits per heavy atom. The molecule has 0 aliphatic carbocycles. The maximum absolute atomic E-state index is 5.77. The van der Waals surface area contributed by atoms with Crippen LogP contribution in [0, 0.1) is 0 Å². The maximum Gasteiger partial charge on any atom is 0.122 e. The standard InChI is InChI=1S/C14H20O2/c1-10-8-12(9-11(2)16-10)13-6-4-5-7-14(13)15-3/h4-7,10-12H,8-9H2,1-3H3/t10-,11+,12?. The molecule has 0 aromatic heterocycles. The zero-order valence-corrected chi connectivity index (χ0v) is 10.3. The van der Waals surface area contributed by atoms with Gasteiger partial charge in [0.25, 0.3) is 0 Å². The van der Waals surface area contributed by atoms with Crippen molar-refractivity contribution >= 4 is 0 Å². The molecule has 0 radical (unpaired) electrons. The van der Waals surface area contributed by atoms with E-state index in [1.54, 1.807) is 7.11 Å². The van der Waals surface area contributed by atoms with Crippen molar-refractivity contribution in [1.82, 2.24) is 0 Å². The normalized spacial score (nSPS) is 30.1. The lowest BCUT2D eigenvalue weighted by molar-refractivity contribution is -0.0382. The molecule has 0 bridgehead atoms. The molecule has 0 spiro atoms. The van der Waals surface area contributed by atoms with E-state index in [0.29, 0.717) is 18.1 Å². The van der Waals surface area contributed by atoms with Crippen LogP contribution in [-0.4, -0.2) is 19.3 Å². The average Bonchev–Trinajstić information content (AvgIpc) is 2.27. The van der Waals surface area contributed by atoms with Gasteiger partial charge in [-0.05, 0) is 44.2 Å². The zero-order chi connectivity index (χ0) is 11.5. The molecule has 1 aromatic carbocycles. The fourth-order valence-electron chi connectivity index (χ4n) is 2.66. The van der Waals surface area contributed by atoms with Crippen molar-refractivity contribution in [3.8, 4) is 5.75 Å². The Hall–Kier alpha value is -1.02. The summed E-state index contributed by atoms with van der Waals surface area (Å²) in [5.41, 5.74) is 1.33. The Balaban J connectivity index is 2.22. The summed E-state index contributed by atoms with van der Waals surface area (Å²) in [5.74, 6) is 1.57. The molecule has 1 aliphatic rings. The van der Waals surface area contributed by atoms with Crippen molar-refractivity contribution < 1.29 is 9.47 Å². The van der Waals surface area contributed by atoms with E-state index in [4.69, 9.17) is 9.47 Å². The monoisotopic (exact) mass is 220 g/mol. The Bertz CT molecular complexity index is 338. The largest absolute Gasteiger partial charge is 0.496 e. The number of hydrogen-bond acceptors (Lipinski definition) is 2. The topological polar surface area (TPSA) is 18.5 Å². The molecule has 1 heterocycles. The highest BCUT2D eigenvalue weighted by atomic mass is 16.5. The van der Waals surface area contributed by atoms with E-state index < -0.39 is 0 Å². The molecule has 16 heavy (non-hydrogen) atoms. The van der Waals surface area contributed by atoms with Gasteiger partial charge in [-0.1, -0.05) is 18.2 Å². The molecular formula is C14H20O2. The van der Waals surface area contributed by atoms with Crippen molar-refractivity contribution in [2.24, 2.45) is 0 Å². The molecule has 2 nitrogen and oxygen atoms in total. The second-order valence-corrected chi connectivity index (χ2v) is 4.67. The van der Waals surface area contributed by atoms with Crippen LogP contribution in [0.3, 0.4) is 0 Å². The summed E-state index contributed by atoms with van der Waals surface area (Å²) >= 11 is 0. The predicted octanol–water partition coefficient (Wildman–Crippen LogP) is 3.37. The minimum Gasteiger partial charge on any atom is -0.496 e. The SMILES string of the molecule is COc1ccccc1C1C[C@@H](C)O[C@@H](C)C1. The third kappa shape index (κ3) is 2.38. The number of hydrogen-bond donors (Lipinski definition) is 0. The van der Waals surface area contributed by atoms with Crippen LogP contribution in [0.2, 0.25) is 0 Å². The third-order valence-corrected chi connectivity index (χ3v) is 3.28. The molecule has 1 fully saturated rings. The fraction of sp³-hybridized carbons (Fsp3) is 0.571. The van der Waals surface area contributed by atoms with E-state index in [1.807, 2.05) is 12.1 Å². The lowest BCUT2D eigenvalue weighted by Gasteiger charge is -2.32. The van der Waals surface area contributed by atoms with Crippen molar-refractivity contribution in [2.45, 2.75) is 44.8 Å². The smallest absolute Gasteiger partial charge is 0.122 e. The van der Waals surface area contributed by atoms with Crippen LogP contribution in [0.5, 0.6) is 5.75 Å². The van der Waals surface area contributed by atoms with Crippen molar-refractivity contribution in [2.75, 3.05) is 7.11 Å². The maximum atomic E-state index is 5.77. The third-order valence-electron chi connectivity index (χ3n) is 3.28. The van der Waals surface area contributed by atoms with Crippen LogP contribution in [0.4, 0.5) is 0 Å². The number of rotatable bonds is 2. The molecule has 1 unspecified atom stereocenters. The van der Waals surface area contributed by atoms with E-state index in [-0.39, 0.29) is 0 Å². The molecule has 2 rings (SSSR count). The molecule has 0 N–H and O–H groups in total. The van der Waals surface area contributed by atoms with Crippen LogP contribution in [-0.2, 0) is 4.74 Å². The summed E-state index contributed by atoms with van der Waals surface area (Å²) in [5, 5.41) is 0. The highest BCUT2D eigenvalue weighted by Gasteiger charge is 2.27. The summed E-state index contributed by atoms with van der Waals surface area (Å²) in [6.07, 6.45) is 2.87. The zero-order valence-electron chi connectivity index (χ0n) is 10.3. The van der Waals surface area contributed by atoms with Crippen molar-refractivity contribution in [3.05, 3.63) is 29.8 Å². The van der Waals surface area contributed by atoms with Gasteiger partial charge < -0.3 is 9.47 Å². The van der Waals surface area contributed by atoms with Gasteiger partial charge in [0.15, 0.2) is 0 Å². The van der Waals surface area contributed by atoms with Crippen LogP contribution in [0.15, 0.2) is 24.3 Å². The summed E-state index contributed by atoms with van der Waals surface area (Å²) < 4.78 is 11.2. The molecule has 2 heteroatoms. The number of benzene rings is 1. The van der Waals surface area contributed by atoms with Crippen LogP contribution in [0.1, 0.15) is 38.2 Å². The van der Waals surface area contributed by atoms with E-state index >= 15 is 0 Å². The van der Waals surface area contributed by atoms with Gasteiger partial charge in [0.05, 0.1) is 19.3 Å². The summed E-state index contributed by atoms with van der Waals surface area (Å²) in [6.45, 7) is 4.30.